The van der Waals surface area contributed by atoms with Crippen LogP contribution in [0.1, 0.15) is 23.6 Å². The molecule has 5 heteroatoms. The number of rotatable bonds is 6. The van der Waals surface area contributed by atoms with Gasteiger partial charge in [-0.15, -0.1) is 0 Å². The third-order valence-corrected chi connectivity index (χ3v) is 3.50. The number of carbonyl (C=O) groups is 1. The lowest BCUT2D eigenvalue weighted by molar-refractivity contribution is -0.121. The Hall–Kier alpha value is -2.82. The van der Waals surface area contributed by atoms with Gasteiger partial charge in [0.15, 0.2) is 11.7 Å². The third kappa shape index (κ3) is 4.10. The molecule has 118 valence electrons. The molecule has 2 aromatic heterocycles. The Bertz CT molecular complexity index is 758. The van der Waals surface area contributed by atoms with E-state index < -0.39 is 0 Å². The van der Waals surface area contributed by atoms with Crippen LogP contribution < -0.4 is 5.32 Å². The molecule has 1 N–H and O–H groups in total. The molecular weight excluding hydrogens is 292 g/mol. The SMILES string of the molecule is Cc1ccc(-c2cnc(CCC(=O)NCc3ccco3)o2)cc1. The maximum Gasteiger partial charge on any atom is 0.220 e. The van der Waals surface area contributed by atoms with Crippen LogP contribution in [0.5, 0.6) is 0 Å². The molecule has 0 fully saturated rings. The highest BCUT2D eigenvalue weighted by molar-refractivity contribution is 5.75. The van der Waals surface area contributed by atoms with Crippen LogP contribution >= 0.6 is 0 Å². The maximum absolute atomic E-state index is 11.8. The van der Waals surface area contributed by atoms with E-state index in [1.165, 1.54) is 5.56 Å². The van der Waals surface area contributed by atoms with Crippen molar-refractivity contribution in [1.82, 2.24) is 10.3 Å². The van der Waals surface area contributed by atoms with Gasteiger partial charge in [0.05, 0.1) is 19.0 Å². The summed E-state index contributed by atoms with van der Waals surface area (Å²) in [5.41, 5.74) is 2.18. The number of benzene rings is 1. The van der Waals surface area contributed by atoms with Crippen molar-refractivity contribution in [2.24, 2.45) is 0 Å². The first-order valence-corrected chi connectivity index (χ1v) is 7.51. The molecule has 0 saturated carbocycles. The minimum atomic E-state index is -0.0588. The van der Waals surface area contributed by atoms with Crippen molar-refractivity contribution >= 4 is 5.91 Å². The topological polar surface area (TPSA) is 68.3 Å². The molecule has 0 aliphatic heterocycles. The van der Waals surface area contributed by atoms with Crippen LogP contribution in [-0.2, 0) is 17.8 Å². The first kappa shape index (κ1) is 15.1. The first-order chi connectivity index (χ1) is 11.2. The Kier molecular flexibility index (Phi) is 4.57. The molecule has 3 rings (SSSR count). The van der Waals surface area contributed by atoms with E-state index in [0.29, 0.717) is 25.3 Å². The normalized spacial score (nSPS) is 10.7. The second-order valence-corrected chi connectivity index (χ2v) is 5.34. The van der Waals surface area contributed by atoms with Crippen LogP contribution in [0.25, 0.3) is 11.3 Å². The molecule has 23 heavy (non-hydrogen) atoms. The molecule has 0 atom stereocenters. The highest BCUT2D eigenvalue weighted by atomic mass is 16.4. The second-order valence-electron chi connectivity index (χ2n) is 5.34. The highest BCUT2D eigenvalue weighted by Gasteiger charge is 2.09. The van der Waals surface area contributed by atoms with E-state index in [1.807, 2.05) is 37.3 Å². The van der Waals surface area contributed by atoms with Crippen LogP contribution in [0.15, 0.2) is 57.7 Å². The molecule has 0 spiro atoms. The quantitative estimate of drug-likeness (QED) is 0.756. The molecule has 0 aliphatic carbocycles. The Labute approximate surface area is 134 Å². The molecule has 3 aromatic rings. The van der Waals surface area contributed by atoms with Crippen LogP contribution in [-0.4, -0.2) is 10.9 Å². The summed E-state index contributed by atoms with van der Waals surface area (Å²) in [5, 5.41) is 2.80. The minimum absolute atomic E-state index is 0.0588. The summed E-state index contributed by atoms with van der Waals surface area (Å²) in [7, 11) is 0. The molecule has 1 aromatic carbocycles. The lowest BCUT2D eigenvalue weighted by Crippen LogP contribution is -2.22. The van der Waals surface area contributed by atoms with Crippen molar-refractivity contribution in [3.63, 3.8) is 0 Å². The summed E-state index contributed by atoms with van der Waals surface area (Å²) < 4.78 is 10.9. The third-order valence-electron chi connectivity index (χ3n) is 3.50. The Morgan fingerprint density at radius 1 is 1.22 bits per heavy atom. The van der Waals surface area contributed by atoms with E-state index in [-0.39, 0.29) is 5.91 Å². The number of furan rings is 1. The second kappa shape index (κ2) is 6.96. The number of nitrogens with zero attached hydrogens (tertiary/aromatic N) is 1. The van der Waals surface area contributed by atoms with Crippen molar-refractivity contribution in [1.29, 1.82) is 0 Å². The molecule has 0 radical (unpaired) electrons. The van der Waals surface area contributed by atoms with Crippen LogP contribution in [0, 0.1) is 6.92 Å². The van der Waals surface area contributed by atoms with Crippen molar-refractivity contribution < 1.29 is 13.6 Å². The van der Waals surface area contributed by atoms with Gasteiger partial charge in [0.1, 0.15) is 5.76 Å². The number of oxazole rings is 1. The standard InChI is InChI=1S/C18H18N2O3/c1-13-4-6-14(7-5-13)16-12-20-18(23-16)9-8-17(21)19-11-15-3-2-10-22-15/h2-7,10,12H,8-9,11H2,1H3,(H,19,21). The number of nitrogens with one attached hydrogen (secondary N) is 1. The molecule has 0 saturated heterocycles. The van der Waals surface area contributed by atoms with E-state index in [1.54, 1.807) is 18.5 Å². The fourth-order valence-corrected chi connectivity index (χ4v) is 2.18. The van der Waals surface area contributed by atoms with E-state index >= 15 is 0 Å². The van der Waals surface area contributed by atoms with Gasteiger partial charge in [0.2, 0.25) is 5.91 Å². The number of amides is 1. The number of aromatic nitrogens is 1. The fraction of sp³-hybridized carbons (Fsp3) is 0.222. The zero-order valence-corrected chi connectivity index (χ0v) is 12.9. The van der Waals surface area contributed by atoms with Gasteiger partial charge in [0.25, 0.3) is 0 Å². The lowest BCUT2D eigenvalue weighted by Gasteiger charge is -2.01. The van der Waals surface area contributed by atoms with Gasteiger partial charge in [-0.05, 0) is 19.1 Å². The van der Waals surface area contributed by atoms with Gasteiger partial charge < -0.3 is 14.2 Å². The number of hydrogen-bond acceptors (Lipinski definition) is 4. The summed E-state index contributed by atoms with van der Waals surface area (Å²) in [6.07, 6.45) is 4.08. The molecule has 0 unspecified atom stereocenters. The predicted octanol–water partition coefficient (Wildman–Crippen LogP) is 3.49. The first-order valence-electron chi connectivity index (χ1n) is 7.51. The van der Waals surface area contributed by atoms with Gasteiger partial charge in [-0.3, -0.25) is 4.79 Å². The summed E-state index contributed by atoms with van der Waals surface area (Å²) in [5.74, 6) is 1.96. The van der Waals surface area contributed by atoms with Gasteiger partial charge >= 0.3 is 0 Å². The highest BCUT2D eigenvalue weighted by Crippen LogP contribution is 2.21. The van der Waals surface area contributed by atoms with Crippen molar-refractivity contribution in [2.45, 2.75) is 26.3 Å². The van der Waals surface area contributed by atoms with Crippen molar-refractivity contribution in [3.05, 3.63) is 66.1 Å². The van der Waals surface area contributed by atoms with E-state index in [4.69, 9.17) is 8.83 Å². The summed E-state index contributed by atoms with van der Waals surface area (Å²) >= 11 is 0. The summed E-state index contributed by atoms with van der Waals surface area (Å²) in [6, 6.07) is 11.7. The average Bonchev–Trinajstić information content (AvgIpc) is 3.23. The Morgan fingerprint density at radius 2 is 2.04 bits per heavy atom. The fourth-order valence-electron chi connectivity index (χ4n) is 2.18. The van der Waals surface area contributed by atoms with Gasteiger partial charge in [-0.25, -0.2) is 4.98 Å². The maximum atomic E-state index is 11.8. The summed E-state index contributed by atoms with van der Waals surface area (Å²) in [6.45, 7) is 2.43. The van der Waals surface area contributed by atoms with Crippen LogP contribution in [0.4, 0.5) is 0 Å². The molecule has 0 aliphatic rings. The largest absolute Gasteiger partial charge is 0.467 e. The van der Waals surface area contributed by atoms with E-state index in [9.17, 15) is 4.79 Å². The van der Waals surface area contributed by atoms with Crippen molar-refractivity contribution in [2.75, 3.05) is 0 Å². The molecule has 2 heterocycles. The summed E-state index contributed by atoms with van der Waals surface area (Å²) in [4.78, 5) is 16.0. The van der Waals surface area contributed by atoms with Crippen LogP contribution in [0.3, 0.4) is 0 Å². The smallest absolute Gasteiger partial charge is 0.220 e. The minimum Gasteiger partial charge on any atom is -0.467 e. The Balaban J connectivity index is 1.50. The van der Waals surface area contributed by atoms with E-state index in [0.717, 1.165) is 17.1 Å². The number of carbonyl (C=O) groups excluding carboxylic acids is 1. The zero-order valence-electron chi connectivity index (χ0n) is 12.9. The van der Waals surface area contributed by atoms with Gasteiger partial charge in [-0.2, -0.15) is 0 Å². The van der Waals surface area contributed by atoms with Crippen LogP contribution in [0.2, 0.25) is 0 Å². The lowest BCUT2D eigenvalue weighted by atomic mass is 10.1. The zero-order chi connectivity index (χ0) is 16.1. The predicted molar refractivity (Wildman–Crippen MR) is 85.6 cm³/mol. The average molecular weight is 310 g/mol. The van der Waals surface area contributed by atoms with E-state index in [2.05, 4.69) is 10.3 Å². The molecule has 5 nitrogen and oxygen atoms in total. The van der Waals surface area contributed by atoms with Crippen molar-refractivity contribution in [3.8, 4) is 11.3 Å². The monoisotopic (exact) mass is 310 g/mol. The Morgan fingerprint density at radius 3 is 2.78 bits per heavy atom. The number of hydrogen-bond donors (Lipinski definition) is 1. The van der Waals surface area contributed by atoms with Gasteiger partial charge in [0, 0.05) is 18.4 Å². The molecular formula is C18H18N2O3. The number of aryl methyl sites for hydroxylation is 2. The molecule has 1 amide bonds. The molecule has 0 bridgehead atoms. The van der Waals surface area contributed by atoms with Gasteiger partial charge in [-0.1, -0.05) is 29.8 Å².